The van der Waals surface area contributed by atoms with Gasteiger partial charge < -0.3 is 25.3 Å². The lowest BCUT2D eigenvalue weighted by Gasteiger charge is -2.53. The van der Waals surface area contributed by atoms with Crippen molar-refractivity contribution < 1.29 is 14.3 Å². The molecule has 2 aliphatic heterocycles. The molecule has 8 nitrogen and oxygen atoms in total. The minimum absolute atomic E-state index is 0.000890. The van der Waals surface area contributed by atoms with E-state index in [-0.39, 0.29) is 17.4 Å². The zero-order valence-corrected chi connectivity index (χ0v) is 21.1. The molecule has 5 rings (SSSR count). The number of rotatable bonds is 6. The molecule has 1 fully saturated rings. The summed E-state index contributed by atoms with van der Waals surface area (Å²) >= 11 is 0. The second kappa shape index (κ2) is 9.44. The number of amides is 2. The number of aromatic nitrogens is 1. The van der Waals surface area contributed by atoms with Crippen LogP contribution in [0.5, 0.6) is 0 Å². The lowest BCUT2D eigenvalue weighted by Crippen LogP contribution is -2.63. The van der Waals surface area contributed by atoms with Crippen LogP contribution in [-0.4, -0.2) is 60.0 Å². The summed E-state index contributed by atoms with van der Waals surface area (Å²) in [4.78, 5) is 29.4. The Hall–Kier alpha value is -3.62. The first-order chi connectivity index (χ1) is 17.3. The zero-order chi connectivity index (χ0) is 25.4. The van der Waals surface area contributed by atoms with Crippen molar-refractivity contribution in [3.05, 3.63) is 88.2 Å². The molecular weight excluding hydrogens is 454 g/mol. The molecule has 36 heavy (non-hydrogen) atoms. The predicted octanol–water partition coefficient (Wildman–Crippen LogP) is 2.75. The minimum atomic E-state index is -0.254. The number of carbonyl (C=O) groups is 2. The minimum Gasteiger partial charge on any atom is -0.399 e. The van der Waals surface area contributed by atoms with Crippen LogP contribution in [-0.2, 0) is 29.9 Å². The second-order valence-corrected chi connectivity index (χ2v) is 9.98. The summed E-state index contributed by atoms with van der Waals surface area (Å²) in [6.45, 7) is 6.01. The Kier molecular flexibility index (Phi) is 6.32. The van der Waals surface area contributed by atoms with Gasteiger partial charge in [-0.25, -0.2) is 0 Å². The van der Waals surface area contributed by atoms with Gasteiger partial charge in [-0.15, -0.1) is 0 Å². The van der Waals surface area contributed by atoms with Crippen LogP contribution >= 0.6 is 0 Å². The van der Waals surface area contributed by atoms with Crippen LogP contribution < -0.4 is 11.1 Å². The molecule has 2 aliphatic rings. The molecule has 188 valence electrons. The normalized spacial score (nSPS) is 16.3. The van der Waals surface area contributed by atoms with Gasteiger partial charge in [-0.3, -0.25) is 14.5 Å². The van der Waals surface area contributed by atoms with Crippen molar-refractivity contribution >= 4 is 17.5 Å². The fraction of sp³-hybridized carbons (Fsp3) is 0.357. The Morgan fingerprint density at radius 1 is 1.03 bits per heavy atom. The van der Waals surface area contributed by atoms with Crippen LogP contribution in [0.1, 0.15) is 43.2 Å². The molecule has 0 unspecified atom stereocenters. The molecule has 1 spiro atoms. The monoisotopic (exact) mass is 487 g/mol. The van der Waals surface area contributed by atoms with E-state index in [4.69, 9.17) is 10.5 Å². The number of ether oxygens (including phenoxy) is 1. The van der Waals surface area contributed by atoms with E-state index in [9.17, 15) is 9.59 Å². The summed E-state index contributed by atoms with van der Waals surface area (Å²) in [6.07, 6.45) is 0. The molecule has 1 saturated heterocycles. The topological polar surface area (TPSA) is 92.8 Å². The molecule has 2 amide bonds. The number of hydrogen-bond acceptors (Lipinski definition) is 5. The van der Waals surface area contributed by atoms with E-state index in [2.05, 4.69) is 21.7 Å². The van der Waals surface area contributed by atoms with Crippen molar-refractivity contribution in [3.63, 3.8) is 0 Å². The third kappa shape index (κ3) is 4.27. The average Bonchev–Trinajstić information content (AvgIpc) is 3.19. The van der Waals surface area contributed by atoms with Gasteiger partial charge in [-0.1, -0.05) is 24.3 Å². The maximum atomic E-state index is 13.2. The smallest absolute Gasteiger partial charge is 0.268 e. The first kappa shape index (κ1) is 24.1. The van der Waals surface area contributed by atoms with E-state index < -0.39 is 0 Å². The first-order valence-electron chi connectivity index (χ1n) is 12.2. The first-order valence-corrected chi connectivity index (χ1v) is 12.2. The molecule has 3 N–H and O–H groups in total. The van der Waals surface area contributed by atoms with Gasteiger partial charge in [0.25, 0.3) is 11.8 Å². The summed E-state index contributed by atoms with van der Waals surface area (Å²) in [7, 11) is 3.52. The van der Waals surface area contributed by atoms with Crippen molar-refractivity contribution in [2.24, 2.45) is 0 Å². The van der Waals surface area contributed by atoms with Gasteiger partial charge in [0.2, 0.25) is 0 Å². The number of carbonyl (C=O) groups excluding carboxylic acids is 2. The van der Waals surface area contributed by atoms with Crippen molar-refractivity contribution in [1.82, 2.24) is 19.7 Å². The number of aryl methyl sites for hydroxylation is 1. The van der Waals surface area contributed by atoms with Gasteiger partial charge >= 0.3 is 0 Å². The number of hydrogen-bond donors (Lipinski definition) is 2. The van der Waals surface area contributed by atoms with Gasteiger partial charge in [0.15, 0.2) is 0 Å². The highest BCUT2D eigenvalue weighted by Crippen LogP contribution is 2.42. The third-order valence-electron chi connectivity index (χ3n) is 7.25. The van der Waals surface area contributed by atoms with Crippen molar-refractivity contribution in [3.8, 4) is 0 Å². The van der Waals surface area contributed by atoms with E-state index in [1.54, 1.807) is 19.0 Å². The number of nitrogens with two attached hydrogens (primary N) is 1. The van der Waals surface area contributed by atoms with Crippen LogP contribution in [0.2, 0.25) is 0 Å². The molecule has 3 heterocycles. The van der Waals surface area contributed by atoms with Crippen LogP contribution in [0, 0.1) is 6.92 Å². The van der Waals surface area contributed by atoms with Crippen LogP contribution in [0.3, 0.4) is 0 Å². The summed E-state index contributed by atoms with van der Waals surface area (Å²) in [6, 6.07) is 17.4. The summed E-state index contributed by atoms with van der Waals surface area (Å²) < 4.78 is 7.91. The molecule has 0 bridgehead atoms. The zero-order valence-electron chi connectivity index (χ0n) is 21.1. The van der Waals surface area contributed by atoms with Gasteiger partial charge in [0.1, 0.15) is 11.2 Å². The maximum absolute atomic E-state index is 13.2. The number of anilines is 1. The highest BCUT2D eigenvalue weighted by atomic mass is 16.5. The largest absolute Gasteiger partial charge is 0.399 e. The van der Waals surface area contributed by atoms with Gasteiger partial charge in [-0.2, -0.15) is 0 Å². The van der Waals surface area contributed by atoms with E-state index in [0.29, 0.717) is 36.7 Å². The highest BCUT2D eigenvalue weighted by molar-refractivity contribution is 5.94. The van der Waals surface area contributed by atoms with Crippen LogP contribution in [0.25, 0.3) is 0 Å². The van der Waals surface area contributed by atoms with Crippen LogP contribution in [0.15, 0.2) is 54.6 Å². The van der Waals surface area contributed by atoms with E-state index in [0.717, 1.165) is 42.0 Å². The predicted molar refractivity (Wildman–Crippen MR) is 139 cm³/mol. The molecular formula is C28H33N5O3. The molecule has 0 saturated carbocycles. The number of benzene rings is 2. The number of fused-ring (bicyclic) bond motifs is 2. The van der Waals surface area contributed by atoms with Crippen LogP contribution in [0.4, 0.5) is 5.69 Å². The molecule has 2 aromatic carbocycles. The lowest BCUT2D eigenvalue weighted by atomic mass is 9.86. The molecule has 0 atom stereocenters. The molecule has 1 aromatic heterocycles. The second-order valence-electron chi connectivity index (χ2n) is 9.98. The Labute approximate surface area is 211 Å². The number of nitrogens with one attached hydrogen (secondary N) is 1. The Morgan fingerprint density at radius 3 is 2.31 bits per heavy atom. The van der Waals surface area contributed by atoms with Gasteiger partial charge in [-0.05, 0) is 53.9 Å². The maximum Gasteiger partial charge on any atom is 0.268 e. The SMILES string of the molecule is Cc1cc(C(=O)NCc2ccc(N)cc2)n2c1C1(COC1)N(Cc1ccc(C(=O)N(C)C)cc1)CC2. The third-order valence-corrected chi connectivity index (χ3v) is 7.25. The quantitative estimate of drug-likeness (QED) is 0.522. The summed E-state index contributed by atoms with van der Waals surface area (Å²) in [5.74, 6) is -0.0785. The van der Waals surface area contributed by atoms with Crippen molar-refractivity contribution in [2.75, 3.05) is 39.6 Å². The van der Waals surface area contributed by atoms with Gasteiger partial charge in [0.05, 0.1) is 13.2 Å². The summed E-state index contributed by atoms with van der Waals surface area (Å²) in [5.41, 5.74) is 12.0. The Balaban J connectivity index is 1.34. The summed E-state index contributed by atoms with van der Waals surface area (Å²) in [5, 5.41) is 3.06. The molecule has 3 aromatic rings. The standard InChI is InChI=1S/C28H33N5O3/c1-19-14-24(26(34)30-15-20-6-10-23(29)11-7-20)33-13-12-32(28(25(19)33)17-36-18-28)16-21-4-8-22(9-5-21)27(35)31(2)3/h4-11,14H,12-13,15-18,29H2,1-3H3,(H,30,34). The van der Waals surface area contributed by atoms with Crippen molar-refractivity contribution in [2.45, 2.75) is 32.1 Å². The molecule has 8 heteroatoms. The van der Waals surface area contributed by atoms with E-state index in [1.165, 1.54) is 0 Å². The lowest BCUT2D eigenvalue weighted by molar-refractivity contribution is -0.163. The van der Waals surface area contributed by atoms with E-state index in [1.807, 2.05) is 54.6 Å². The fourth-order valence-corrected chi connectivity index (χ4v) is 5.29. The molecule has 0 radical (unpaired) electrons. The highest BCUT2D eigenvalue weighted by Gasteiger charge is 2.51. The fourth-order valence-electron chi connectivity index (χ4n) is 5.29. The van der Waals surface area contributed by atoms with Gasteiger partial charge in [0, 0.05) is 57.2 Å². The number of nitrogen functional groups attached to an aromatic ring is 1. The average molecular weight is 488 g/mol. The molecule has 0 aliphatic carbocycles. The van der Waals surface area contributed by atoms with Crippen molar-refractivity contribution in [1.29, 1.82) is 0 Å². The Bertz CT molecular complexity index is 1270. The van der Waals surface area contributed by atoms with E-state index >= 15 is 0 Å². The number of nitrogens with zero attached hydrogens (tertiary/aromatic N) is 3. The Morgan fingerprint density at radius 2 is 1.69 bits per heavy atom.